The number of hydrogen-bond donors (Lipinski definition) is 1. The second-order valence-corrected chi connectivity index (χ2v) is 6.90. The predicted molar refractivity (Wildman–Crippen MR) is 82.6 cm³/mol. The molecular formula is C16H22BrNO. The minimum Gasteiger partial charge on any atom is -0.382 e. The smallest absolute Gasteiger partial charge is 0.0670 e. The number of benzene rings is 1. The average molecular weight is 324 g/mol. The van der Waals surface area contributed by atoms with Crippen molar-refractivity contribution in [3.63, 3.8) is 0 Å². The lowest BCUT2D eigenvalue weighted by molar-refractivity contribution is -0.157. The fourth-order valence-corrected chi connectivity index (χ4v) is 4.27. The van der Waals surface area contributed by atoms with Gasteiger partial charge in [0.15, 0.2) is 0 Å². The molecule has 2 nitrogen and oxygen atoms in total. The van der Waals surface area contributed by atoms with Crippen LogP contribution in [-0.2, 0) is 4.74 Å². The van der Waals surface area contributed by atoms with E-state index >= 15 is 0 Å². The number of rotatable bonds is 4. The molecule has 1 aromatic carbocycles. The van der Waals surface area contributed by atoms with E-state index in [0.29, 0.717) is 17.6 Å². The van der Waals surface area contributed by atoms with Crippen molar-refractivity contribution >= 4 is 21.6 Å². The first-order valence-corrected chi connectivity index (χ1v) is 8.09. The first-order valence-electron chi connectivity index (χ1n) is 7.29. The summed E-state index contributed by atoms with van der Waals surface area (Å²) in [6.07, 6.45) is 5.64. The molecule has 2 aliphatic rings. The summed E-state index contributed by atoms with van der Waals surface area (Å²) in [6, 6.07) is 7.14. The molecule has 3 heteroatoms. The largest absolute Gasteiger partial charge is 0.382 e. The van der Waals surface area contributed by atoms with Crippen LogP contribution in [0.2, 0.25) is 0 Å². The topological polar surface area (TPSA) is 21.3 Å². The first-order chi connectivity index (χ1) is 9.14. The van der Waals surface area contributed by atoms with Crippen molar-refractivity contribution in [2.45, 2.75) is 51.7 Å². The van der Waals surface area contributed by atoms with Gasteiger partial charge in [-0.1, -0.05) is 22.4 Å². The van der Waals surface area contributed by atoms with Crippen LogP contribution in [0.5, 0.6) is 0 Å². The van der Waals surface area contributed by atoms with Gasteiger partial charge < -0.3 is 10.1 Å². The van der Waals surface area contributed by atoms with Gasteiger partial charge in [-0.3, -0.25) is 0 Å². The molecule has 0 heterocycles. The highest BCUT2D eigenvalue weighted by molar-refractivity contribution is 9.10. The van der Waals surface area contributed by atoms with E-state index in [1.165, 1.54) is 30.5 Å². The number of halogens is 1. The summed E-state index contributed by atoms with van der Waals surface area (Å²) in [4.78, 5) is 0. The number of ether oxygens (including phenoxy) is 1. The van der Waals surface area contributed by atoms with E-state index in [-0.39, 0.29) is 0 Å². The van der Waals surface area contributed by atoms with Crippen LogP contribution in [0.25, 0.3) is 0 Å². The van der Waals surface area contributed by atoms with Crippen LogP contribution in [0, 0.1) is 12.3 Å². The molecule has 0 aromatic heterocycles. The molecule has 2 aliphatic carbocycles. The van der Waals surface area contributed by atoms with E-state index in [0.717, 1.165) is 17.5 Å². The monoisotopic (exact) mass is 323 g/mol. The zero-order valence-electron chi connectivity index (χ0n) is 11.7. The minimum absolute atomic E-state index is 0.423. The molecule has 19 heavy (non-hydrogen) atoms. The van der Waals surface area contributed by atoms with Gasteiger partial charge in [-0.25, -0.2) is 0 Å². The van der Waals surface area contributed by atoms with Gasteiger partial charge in [0.05, 0.1) is 6.10 Å². The fourth-order valence-electron chi connectivity index (χ4n) is 3.66. The molecule has 0 saturated heterocycles. The Balaban J connectivity index is 1.71. The Hall–Kier alpha value is -0.540. The molecule has 3 rings (SSSR count). The molecule has 1 aromatic rings. The Kier molecular flexibility index (Phi) is 3.61. The number of anilines is 1. The van der Waals surface area contributed by atoms with Gasteiger partial charge in [-0.05, 0) is 56.9 Å². The molecule has 104 valence electrons. The van der Waals surface area contributed by atoms with E-state index in [9.17, 15) is 0 Å². The lowest BCUT2D eigenvalue weighted by Crippen LogP contribution is -2.64. The first kappa shape index (κ1) is 13.4. The Bertz CT molecular complexity index is 450. The molecule has 2 fully saturated rings. The lowest BCUT2D eigenvalue weighted by atomic mass is 9.51. The SMILES string of the molecule is CCOC1CC(Nc2cc(C)cc(Br)c2)C12CCC2. The zero-order valence-corrected chi connectivity index (χ0v) is 13.3. The van der Waals surface area contributed by atoms with Crippen LogP contribution in [-0.4, -0.2) is 18.8 Å². The Morgan fingerprint density at radius 2 is 2.16 bits per heavy atom. The van der Waals surface area contributed by atoms with E-state index in [2.05, 4.69) is 53.3 Å². The zero-order chi connectivity index (χ0) is 13.5. The van der Waals surface area contributed by atoms with Crippen molar-refractivity contribution in [2.24, 2.45) is 5.41 Å². The molecule has 1 spiro atoms. The molecular weight excluding hydrogens is 302 g/mol. The molecule has 2 atom stereocenters. The van der Waals surface area contributed by atoms with E-state index in [4.69, 9.17) is 4.74 Å². The second-order valence-electron chi connectivity index (χ2n) is 5.98. The van der Waals surface area contributed by atoms with Crippen molar-refractivity contribution in [3.8, 4) is 0 Å². The van der Waals surface area contributed by atoms with Gasteiger partial charge in [0, 0.05) is 28.2 Å². The third kappa shape index (κ3) is 2.31. The minimum atomic E-state index is 0.423. The van der Waals surface area contributed by atoms with Gasteiger partial charge in [0.2, 0.25) is 0 Å². The van der Waals surface area contributed by atoms with Crippen LogP contribution in [0.3, 0.4) is 0 Å². The number of hydrogen-bond acceptors (Lipinski definition) is 2. The molecule has 0 aliphatic heterocycles. The van der Waals surface area contributed by atoms with Gasteiger partial charge in [0.25, 0.3) is 0 Å². The third-order valence-corrected chi connectivity index (χ3v) is 5.28. The van der Waals surface area contributed by atoms with Crippen molar-refractivity contribution in [2.75, 3.05) is 11.9 Å². The highest BCUT2D eigenvalue weighted by atomic mass is 79.9. The van der Waals surface area contributed by atoms with Crippen molar-refractivity contribution in [1.29, 1.82) is 0 Å². The maximum atomic E-state index is 5.90. The van der Waals surface area contributed by atoms with Crippen LogP contribution in [0.4, 0.5) is 5.69 Å². The lowest BCUT2D eigenvalue weighted by Gasteiger charge is -2.61. The van der Waals surface area contributed by atoms with Gasteiger partial charge in [-0.15, -0.1) is 0 Å². The third-order valence-electron chi connectivity index (χ3n) is 4.82. The summed E-state index contributed by atoms with van der Waals surface area (Å²) in [5.41, 5.74) is 2.95. The van der Waals surface area contributed by atoms with Crippen LogP contribution in [0.15, 0.2) is 22.7 Å². The van der Waals surface area contributed by atoms with Crippen molar-refractivity contribution < 1.29 is 4.74 Å². The molecule has 0 bridgehead atoms. The Morgan fingerprint density at radius 3 is 2.74 bits per heavy atom. The van der Waals surface area contributed by atoms with Crippen molar-refractivity contribution in [1.82, 2.24) is 0 Å². The van der Waals surface area contributed by atoms with Crippen LogP contribution in [0.1, 0.15) is 38.2 Å². The highest BCUT2D eigenvalue weighted by Gasteiger charge is 2.58. The molecule has 2 saturated carbocycles. The summed E-state index contributed by atoms with van der Waals surface area (Å²) < 4.78 is 7.05. The fraction of sp³-hybridized carbons (Fsp3) is 0.625. The number of aryl methyl sites for hydroxylation is 1. The summed E-state index contributed by atoms with van der Waals surface area (Å²) in [5, 5.41) is 3.73. The molecule has 1 N–H and O–H groups in total. The summed E-state index contributed by atoms with van der Waals surface area (Å²) in [6.45, 7) is 5.08. The van der Waals surface area contributed by atoms with E-state index < -0.39 is 0 Å². The highest BCUT2D eigenvalue weighted by Crippen LogP contribution is 2.58. The normalized spacial score (nSPS) is 27.7. The van der Waals surface area contributed by atoms with Gasteiger partial charge in [-0.2, -0.15) is 0 Å². The van der Waals surface area contributed by atoms with Crippen LogP contribution < -0.4 is 5.32 Å². The summed E-state index contributed by atoms with van der Waals surface area (Å²) in [5.74, 6) is 0. The van der Waals surface area contributed by atoms with Gasteiger partial charge in [0.1, 0.15) is 0 Å². The average Bonchev–Trinajstić information content (AvgIpc) is 2.23. The van der Waals surface area contributed by atoms with E-state index in [1.54, 1.807) is 0 Å². The molecule has 2 unspecified atom stereocenters. The molecule has 0 radical (unpaired) electrons. The summed E-state index contributed by atoms with van der Waals surface area (Å²) >= 11 is 3.57. The second kappa shape index (κ2) is 5.10. The standard InChI is InChI=1S/C16H22BrNO/c1-3-19-15-10-14(16(15)5-4-6-16)18-13-8-11(2)7-12(17)9-13/h7-9,14-15,18H,3-6,10H2,1-2H3. The predicted octanol–water partition coefficient (Wildman–Crippen LogP) is 4.52. The molecule has 0 amide bonds. The van der Waals surface area contributed by atoms with E-state index in [1.807, 2.05) is 0 Å². The Morgan fingerprint density at radius 1 is 1.37 bits per heavy atom. The Labute approximate surface area is 124 Å². The maximum absolute atomic E-state index is 5.90. The quantitative estimate of drug-likeness (QED) is 0.879. The van der Waals surface area contributed by atoms with Crippen LogP contribution >= 0.6 is 15.9 Å². The maximum Gasteiger partial charge on any atom is 0.0670 e. The number of nitrogens with one attached hydrogen (secondary N) is 1. The van der Waals surface area contributed by atoms with Gasteiger partial charge >= 0.3 is 0 Å². The summed E-state index contributed by atoms with van der Waals surface area (Å²) in [7, 11) is 0. The van der Waals surface area contributed by atoms with Crippen molar-refractivity contribution in [3.05, 3.63) is 28.2 Å².